The Labute approximate surface area is 136 Å². The van der Waals surface area contributed by atoms with Crippen molar-refractivity contribution < 1.29 is 9.53 Å². The van der Waals surface area contributed by atoms with Gasteiger partial charge >= 0.3 is 0 Å². The van der Waals surface area contributed by atoms with E-state index >= 15 is 0 Å². The number of aromatic nitrogens is 3. The molecule has 0 radical (unpaired) electrons. The number of methoxy groups -OCH3 is 1. The first-order valence-corrected chi connectivity index (χ1v) is 7.49. The quantitative estimate of drug-likeness (QED) is 0.822. The van der Waals surface area contributed by atoms with Gasteiger partial charge in [0.2, 0.25) is 17.7 Å². The summed E-state index contributed by atoms with van der Waals surface area (Å²) < 4.78 is 5.91. The number of nitrogens with zero attached hydrogens (tertiary/aromatic N) is 5. The van der Waals surface area contributed by atoms with Crippen LogP contribution in [0.15, 0.2) is 35.2 Å². The van der Waals surface area contributed by atoms with Crippen LogP contribution in [0.3, 0.4) is 0 Å². The molecule has 3 rings (SSSR count). The summed E-state index contributed by atoms with van der Waals surface area (Å²) >= 11 is 3.30. The molecule has 0 bridgehead atoms. The zero-order chi connectivity index (χ0) is 15.5. The predicted octanol–water partition coefficient (Wildman–Crippen LogP) is 1.50. The summed E-state index contributed by atoms with van der Waals surface area (Å²) in [6, 6.07) is 3.55. The van der Waals surface area contributed by atoms with E-state index in [1.54, 1.807) is 42.7 Å². The van der Waals surface area contributed by atoms with Gasteiger partial charge < -0.3 is 14.5 Å². The first kappa shape index (κ1) is 14.7. The van der Waals surface area contributed by atoms with Crippen LogP contribution in [-0.2, 0) is 4.79 Å². The molecule has 1 fully saturated rings. The van der Waals surface area contributed by atoms with E-state index in [-0.39, 0.29) is 12.5 Å². The number of rotatable bonds is 3. The second-order valence-electron chi connectivity index (χ2n) is 4.72. The minimum atomic E-state index is -0.00831. The molecule has 1 aliphatic heterocycles. The molecule has 1 saturated heterocycles. The fourth-order valence-electron chi connectivity index (χ4n) is 2.26. The SMILES string of the molecule is COc1cc(N2CCN(c3ncc(Br)cn3)CC2=O)ccn1. The molecule has 0 atom stereocenters. The molecule has 8 heteroatoms. The third-order valence-electron chi connectivity index (χ3n) is 3.35. The fraction of sp³-hybridized carbons (Fsp3) is 0.286. The number of amides is 1. The number of hydrogen-bond donors (Lipinski definition) is 0. The van der Waals surface area contributed by atoms with Crippen molar-refractivity contribution >= 4 is 33.5 Å². The highest BCUT2D eigenvalue weighted by molar-refractivity contribution is 9.10. The van der Waals surface area contributed by atoms with Crippen LogP contribution in [0, 0.1) is 0 Å². The molecule has 7 nitrogen and oxygen atoms in total. The van der Waals surface area contributed by atoms with E-state index < -0.39 is 0 Å². The van der Waals surface area contributed by atoms with E-state index in [0.29, 0.717) is 24.9 Å². The minimum Gasteiger partial charge on any atom is -0.481 e. The Kier molecular flexibility index (Phi) is 4.19. The maximum Gasteiger partial charge on any atom is 0.246 e. The first-order chi connectivity index (χ1) is 10.7. The Morgan fingerprint density at radius 2 is 2.00 bits per heavy atom. The lowest BCUT2D eigenvalue weighted by atomic mass is 10.2. The number of hydrogen-bond acceptors (Lipinski definition) is 6. The Hall–Kier alpha value is -2.22. The molecule has 0 spiro atoms. The molecule has 0 saturated carbocycles. The van der Waals surface area contributed by atoms with Crippen molar-refractivity contribution in [2.75, 3.05) is 36.5 Å². The van der Waals surface area contributed by atoms with Gasteiger partial charge in [0.1, 0.15) is 6.54 Å². The molecule has 22 heavy (non-hydrogen) atoms. The molecule has 1 aliphatic rings. The standard InChI is InChI=1S/C14H14BrN5O2/c1-22-12-6-11(2-3-16-12)20-5-4-19(9-13(20)21)14-17-7-10(15)8-18-14/h2-3,6-8H,4-5,9H2,1H3. The van der Waals surface area contributed by atoms with Crippen molar-refractivity contribution in [3.05, 3.63) is 35.2 Å². The third-order valence-corrected chi connectivity index (χ3v) is 3.76. The van der Waals surface area contributed by atoms with Crippen LogP contribution < -0.4 is 14.5 Å². The maximum absolute atomic E-state index is 12.4. The van der Waals surface area contributed by atoms with Gasteiger partial charge in [0.15, 0.2) is 0 Å². The second kappa shape index (κ2) is 6.27. The molecule has 0 N–H and O–H groups in total. The lowest BCUT2D eigenvalue weighted by molar-refractivity contribution is -0.117. The highest BCUT2D eigenvalue weighted by atomic mass is 79.9. The number of piperazine rings is 1. The zero-order valence-corrected chi connectivity index (χ0v) is 13.5. The molecule has 0 aromatic carbocycles. The van der Waals surface area contributed by atoms with Crippen molar-refractivity contribution in [2.45, 2.75) is 0 Å². The normalized spacial score (nSPS) is 15.1. The van der Waals surface area contributed by atoms with Crippen LogP contribution in [0.4, 0.5) is 11.6 Å². The first-order valence-electron chi connectivity index (χ1n) is 6.70. The van der Waals surface area contributed by atoms with E-state index in [9.17, 15) is 4.79 Å². The lowest BCUT2D eigenvalue weighted by Gasteiger charge is -2.34. The summed E-state index contributed by atoms with van der Waals surface area (Å²) in [7, 11) is 1.55. The average Bonchev–Trinajstić information content (AvgIpc) is 2.55. The molecule has 114 valence electrons. The van der Waals surface area contributed by atoms with Gasteiger partial charge in [0, 0.05) is 37.7 Å². The molecular formula is C14H14BrN5O2. The Morgan fingerprint density at radius 1 is 1.23 bits per heavy atom. The van der Waals surface area contributed by atoms with Crippen molar-refractivity contribution in [3.63, 3.8) is 0 Å². The van der Waals surface area contributed by atoms with E-state index in [0.717, 1.165) is 10.2 Å². The van der Waals surface area contributed by atoms with Gasteiger partial charge in [0.25, 0.3) is 0 Å². The van der Waals surface area contributed by atoms with Gasteiger partial charge in [-0.2, -0.15) is 0 Å². The number of ether oxygens (including phenoxy) is 1. The lowest BCUT2D eigenvalue weighted by Crippen LogP contribution is -2.51. The monoisotopic (exact) mass is 363 g/mol. The highest BCUT2D eigenvalue weighted by Crippen LogP contribution is 2.22. The van der Waals surface area contributed by atoms with Crippen LogP contribution in [0.2, 0.25) is 0 Å². The molecule has 2 aromatic rings. The largest absolute Gasteiger partial charge is 0.481 e. The van der Waals surface area contributed by atoms with E-state index in [2.05, 4.69) is 30.9 Å². The van der Waals surface area contributed by atoms with Gasteiger partial charge in [-0.1, -0.05) is 0 Å². The average molecular weight is 364 g/mol. The van der Waals surface area contributed by atoms with Crippen molar-refractivity contribution in [2.24, 2.45) is 0 Å². The summed E-state index contributed by atoms with van der Waals surface area (Å²) in [5, 5.41) is 0. The van der Waals surface area contributed by atoms with E-state index in [1.165, 1.54) is 0 Å². The van der Waals surface area contributed by atoms with Crippen LogP contribution in [-0.4, -0.2) is 47.6 Å². The van der Waals surface area contributed by atoms with Gasteiger partial charge in [0.05, 0.1) is 17.3 Å². The molecular weight excluding hydrogens is 350 g/mol. The second-order valence-corrected chi connectivity index (χ2v) is 5.64. The van der Waals surface area contributed by atoms with Crippen LogP contribution in [0.25, 0.3) is 0 Å². The predicted molar refractivity (Wildman–Crippen MR) is 85.1 cm³/mol. The molecule has 2 aromatic heterocycles. The maximum atomic E-state index is 12.4. The molecule has 3 heterocycles. The number of carbonyl (C=O) groups is 1. The van der Waals surface area contributed by atoms with Gasteiger partial charge in [-0.3, -0.25) is 4.79 Å². The number of pyridine rings is 1. The molecule has 1 amide bonds. The van der Waals surface area contributed by atoms with Gasteiger partial charge in [-0.15, -0.1) is 0 Å². The zero-order valence-electron chi connectivity index (χ0n) is 11.9. The van der Waals surface area contributed by atoms with E-state index in [1.807, 2.05) is 4.90 Å². The highest BCUT2D eigenvalue weighted by Gasteiger charge is 2.26. The number of halogens is 1. The van der Waals surface area contributed by atoms with Gasteiger partial charge in [-0.05, 0) is 22.0 Å². The van der Waals surface area contributed by atoms with Crippen LogP contribution in [0.5, 0.6) is 5.88 Å². The summed E-state index contributed by atoms with van der Waals surface area (Å²) in [4.78, 5) is 28.5. The van der Waals surface area contributed by atoms with Crippen molar-refractivity contribution in [3.8, 4) is 5.88 Å². The fourth-order valence-corrected chi connectivity index (χ4v) is 2.47. The van der Waals surface area contributed by atoms with Crippen molar-refractivity contribution in [1.82, 2.24) is 15.0 Å². The number of carbonyl (C=O) groups excluding carboxylic acids is 1. The Balaban J connectivity index is 1.74. The molecule has 0 unspecified atom stereocenters. The smallest absolute Gasteiger partial charge is 0.246 e. The van der Waals surface area contributed by atoms with Crippen molar-refractivity contribution in [1.29, 1.82) is 0 Å². The third kappa shape index (κ3) is 3.01. The topological polar surface area (TPSA) is 71.5 Å². The number of anilines is 2. The van der Waals surface area contributed by atoms with E-state index in [4.69, 9.17) is 4.74 Å². The summed E-state index contributed by atoms with van der Waals surface area (Å²) in [5.41, 5.74) is 0.785. The molecule has 0 aliphatic carbocycles. The van der Waals surface area contributed by atoms with Gasteiger partial charge in [-0.25, -0.2) is 15.0 Å². The summed E-state index contributed by atoms with van der Waals surface area (Å²) in [6.07, 6.45) is 4.98. The van der Waals surface area contributed by atoms with Crippen LogP contribution >= 0.6 is 15.9 Å². The Bertz CT molecular complexity index is 679. The van der Waals surface area contributed by atoms with Crippen LogP contribution in [0.1, 0.15) is 0 Å². The Morgan fingerprint density at radius 3 is 2.68 bits per heavy atom. The summed E-state index contributed by atoms with van der Waals surface area (Å²) in [5.74, 6) is 1.04. The minimum absolute atomic E-state index is 0.00831. The summed E-state index contributed by atoms with van der Waals surface area (Å²) in [6.45, 7) is 1.47.